The third kappa shape index (κ3) is 3.57. The van der Waals surface area contributed by atoms with Gasteiger partial charge in [0.2, 0.25) is 5.60 Å². The first kappa shape index (κ1) is 19.4. The summed E-state index contributed by atoms with van der Waals surface area (Å²) in [5.74, 6) is 0. The largest absolute Gasteiger partial charge is 0.428 e. The SMILES string of the molecule is OC(c1ccccc1)(c1nc(-c2cccc(C(F)(F)F)c2)cs1)C(F)(F)F. The molecule has 0 saturated heterocycles. The molecule has 0 spiro atoms. The van der Waals surface area contributed by atoms with E-state index < -0.39 is 34.1 Å². The first-order valence-corrected chi connectivity index (χ1v) is 8.39. The van der Waals surface area contributed by atoms with E-state index in [9.17, 15) is 31.4 Å². The Balaban J connectivity index is 2.09. The van der Waals surface area contributed by atoms with Gasteiger partial charge in [0.25, 0.3) is 0 Å². The Morgan fingerprint density at radius 2 is 1.44 bits per heavy atom. The molecule has 0 saturated carbocycles. The maximum atomic E-state index is 13.7. The number of halogens is 6. The number of aromatic nitrogens is 1. The molecule has 0 aliphatic heterocycles. The average Bonchev–Trinajstić information content (AvgIpc) is 3.10. The summed E-state index contributed by atoms with van der Waals surface area (Å²) in [6, 6.07) is 10.5. The molecule has 1 N–H and O–H groups in total. The maximum Gasteiger partial charge on any atom is 0.428 e. The zero-order chi connectivity index (χ0) is 19.9. The lowest BCUT2D eigenvalue weighted by molar-refractivity contribution is -0.248. The van der Waals surface area contributed by atoms with Crippen LogP contribution in [0.4, 0.5) is 26.3 Å². The van der Waals surface area contributed by atoms with Crippen LogP contribution in [0.2, 0.25) is 0 Å². The highest BCUT2D eigenvalue weighted by Crippen LogP contribution is 2.46. The summed E-state index contributed by atoms with van der Waals surface area (Å²) in [5, 5.41) is 11.0. The molecule has 0 bridgehead atoms. The van der Waals surface area contributed by atoms with Gasteiger partial charge in [-0.25, -0.2) is 4.98 Å². The molecular formula is C18H11F6NOS. The molecule has 9 heteroatoms. The Hall–Kier alpha value is -2.39. The van der Waals surface area contributed by atoms with Crippen molar-refractivity contribution in [2.45, 2.75) is 18.0 Å². The summed E-state index contributed by atoms with van der Waals surface area (Å²) in [7, 11) is 0. The number of benzene rings is 2. The maximum absolute atomic E-state index is 13.7. The van der Waals surface area contributed by atoms with Crippen molar-refractivity contribution in [3.8, 4) is 11.3 Å². The molecule has 3 rings (SSSR count). The predicted octanol–water partition coefficient (Wildman–Crippen LogP) is 5.63. The highest BCUT2D eigenvalue weighted by molar-refractivity contribution is 7.10. The van der Waals surface area contributed by atoms with Crippen molar-refractivity contribution in [2.24, 2.45) is 0 Å². The topological polar surface area (TPSA) is 33.1 Å². The Labute approximate surface area is 153 Å². The minimum atomic E-state index is -5.07. The van der Waals surface area contributed by atoms with E-state index in [0.717, 1.165) is 30.3 Å². The van der Waals surface area contributed by atoms with E-state index >= 15 is 0 Å². The van der Waals surface area contributed by atoms with Crippen molar-refractivity contribution >= 4 is 11.3 Å². The van der Waals surface area contributed by atoms with Gasteiger partial charge in [-0.3, -0.25) is 0 Å². The second kappa shape index (κ2) is 6.65. The number of aliphatic hydroxyl groups is 1. The first-order valence-electron chi connectivity index (χ1n) is 7.52. The molecule has 0 aliphatic carbocycles. The van der Waals surface area contributed by atoms with Crippen LogP contribution in [0.15, 0.2) is 60.0 Å². The van der Waals surface area contributed by atoms with Gasteiger partial charge in [0.05, 0.1) is 11.3 Å². The third-order valence-electron chi connectivity index (χ3n) is 3.90. The van der Waals surface area contributed by atoms with E-state index in [1.807, 2.05) is 0 Å². The summed E-state index contributed by atoms with van der Waals surface area (Å²) in [6.07, 6.45) is -9.66. The van der Waals surface area contributed by atoms with Crippen LogP contribution in [-0.4, -0.2) is 16.3 Å². The molecule has 0 radical (unpaired) electrons. The molecule has 1 atom stereocenters. The number of hydrogen-bond acceptors (Lipinski definition) is 3. The lowest BCUT2D eigenvalue weighted by Gasteiger charge is -2.28. The van der Waals surface area contributed by atoms with E-state index in [0.29, 0.717) is 11.3 Å². The number of nitrogens with zero attached hydrogens (tertiary/aromatic N) is 1. The first-order chi connectivity index (χ1) is 12.5. The van der Waals surface area contributed by atoms with E-state index in [4.69, 9.17) is 0 Å². The van der Waals surface area contributed by atoms with Gasteiger partial charge in [-0.1, -0.05) is 42.5 Å². The quantitative estimate of drug-likeness (QED) is 0.576. The van der Waals surface area contributed by atoms with Gasteiger partial charge < -0.3 is 5.11 Å². The molecule has 27 heavy (non-hydrogen) atoms. The molecule has 0 aliphatic rings. The van der Waals surface area contributed by atoms with Gasteiger partial charge in [0.1, 0.15) is 5.01 Å². The van der Waals surface area contributed by atoms with Crippen LogP contribution in [0.3, 0.4) is 0 Å². The number of thiazole rings is 1. The van der Waals surface area contributed by atoms with E-state index in [2.05, 4.69) is 4.98 Å². The molecule has 142 valence electrons. The van der Waals surface area contributed by atoms with Crippen LogP contribution in [0.5, 0.6) is 0 Å². The van der Waals surface area contributed by atoms with Gasteiger partial charge in [-0.2, -0.15) is 26.3 Å². The molecular weight excluding hydrogens is 392 g/mol. The predicted molar refractivity (Wildman–Crippen MR) is 88.0 cm³/mol. The number of hydrogen-bond donors (Lipinski definition) is 1. The summed E-state index contributed by atoms with van der Waals surface area (Å²) in [6.45, 7) is 0. The van der Waals surface area contributed by atoms with Crippen molar-refractivity contribution in [3.63, 3.8) is 0 Å². The van der Waals surface area contributed by atoms with Gasteiger partial charge in [-0.05, 0) is 17.7 Å². The fraction of sp³-hybridized carbons (Fsp3) is 0.167. The lowest BCUT2D eigenvalue weighted by Crippen LogP contribution is -2.43. The van der Waals surface area contributed by atoms with E-state index in [-0.39, 0.29) is 11.3 Å². The molecule has 3 aromatic rings. The third-order valence-corrected chi connectivity index (χ3v) is 4.85. The normalized spacial score (nSPS) is 14.8. The van der Waals surface area contributed by atoms with Crippen LogP contribution < -0.4 is 0 Å². The Morgan fingerprint density at radius 3 is 2.04 bits per heavy atom. The minimum absolute atomic E-state index is 0.00455. The van der Waals surface area contributed by atoms with Crippen molar-refractivity contribution < 1.29 is 31.4 Å². The fourth-order valence-electron chi connectivity index (χ4n) is 2.52. The zero-order valence-electron chi connectivity index (χ0n) is 13.3. The molecule has 2 aromatic carbocycles. The lowest BCUT2D eigenvalue weighted by atomic mass is 9.94. The summed E-state index contributed by atoms with van der Waals surface area (Å²) >= 11 is 0.524. The fourth-order valence-corrected chi connectivity index (χ4v) is 3.48. The van der Waals surface area contributed by atoms with Gasteiger partial charge in [0.15, 0.2) is 0 Å². The smallest absolute Gasteiger partial charge is 0.370 e. The van der Waals surface area contributed by atoms with Crippen LogP contribution in [0.25, 0.3) is 11.3 Å². The number of alkyl halides is 6. The highest BCUT2D eigenvalue weighted by Gasteiger charge is 2.58. The minimum Gasteiger partial charge on any atom is -0.370 e. The van der Waals surface area contributed by atoms with Crippen LogP contribution >= 0.6 is 11.3 Å². The average molecular weight is 403 g/mol. The Kier molecular flexibility index (Phi) is 4.77. The Bertz CT molecular complexity index is 935. The van der Waals surface area contributed by atoms with Crippen molar-refractivity contribution in [1.82, 2.24) is 4.98 Å². The van der Waals surface area contributed by atoms with Crippen LogP contribution in [-0.2, 0) is 11.8 Å². The monoisotopic (exact) mass is 403 g/mol. The summed E-state index contributed by atoms with van der Waals surface area (Å²) in [5.41, 5.74) is -4.81. The van der Waals surface area contributed by atoms with Crippen molar-refractivity contribution in [1.29, 1.82) is 0 Å². The zero-order valence-corrected chi connectivity index (χ0v) is 14.2. The molecule has 1 unspecified atom stereocenters. The van der Waals surface area contributed by atoms with E-state index in [1.54, 1.807) is 0 Å². The molecule has 1 aromatic heterocycles. The van der Waals surface area contributed by atoms with Crippen LogP contribution in [0.1, 0.15) is 16.1 Å². The molecule has 2 nitrogen and oxygen atoms in total. The Morgan fingerprint density at radius 1 is 0.815 bits per heavy atom. The van der Waals surface area contributed by atoms with Crippen molar-refractivity contribution in [3.05, 3.63) is 76.1 Å². The number of rotatable bonds is 3. The van der Waals surface area contributed by atoms with E-state index in [1.165, 1.54) is 29.6 Å². The molecule has 0 fully saturated rings. The highest BCUT2D eigenvalue weighted by atomic mass is 32.1. The summed E-state index contributed by atoms with van der Waals surface area (Å²) < 4.78 is 79.6. The molecule has 0 amide bonds. The van der Waals surface area contributed by atoms with Gasteiger partial charge >= 0.3 is 12.4 Å². The van der Waals surface area contributed by atoms with Crippen LogP contribution in [0, 0.1) is 0 Å². The second-order valence-electron chi connectivity index (χ2n) is 5.69. The second-order valence-corrected chi connectivity index (χ2v) is 6.55. The summed E-state index contributed by atoms with van der Waals surface area (Å²) in [4.78, 5) is 3.80. The standard InChI is InChI=1S/C18H11F6NOS/c19-17(20,21)13-8-4-5-11(9-13)14-10-27-15(25-14)16(26,18(22,23)24)12-6-2-1-3-7-12/h1-10,26H. The van der Waals surface area contributed by atoms with Crippen molar-refractivity contribution in [2.75, 3.05) is 0 Å². The molecule has 1 heterocycles. The van der Waals surface area contributed by atoms with Gasteiger partial charge in [-0.15, -0.1) is 11.3 Å². The van der Waals surface area contributed by atoms with Gasteiger partial charge in [0, 0.05) is 10.9 Å².